The normalized spacial score (nSPS) is 16.6. The van der Waals surface area contributed by atoms with Crippen LogP contribution in [0.1, 0.15) is 12.0 Å². The molecule has 0 aliphatic carbocycles. The van der Waals surface area contributed by atoms with Crippen LogP contribution < -0.4 is 15.5 Å². The third-order valence-electron chi connectivity index (χ3n) is 5.23. The van der Waals surface area contributed by atoms with E-state index in [0.717, 1.165) is 23.9 Å². The Labute approximate surface area is 191 Å². The van der Waals surface area contributed by atoms with Crippen LogP contribution in [0.2, 0.25) is 0 Å². The van der Waals surface area contributed by atoms with E-state index in [0.29, 0.717) is 25.6 Å². The van der Waals surface area contributed by atoms with E-state index < -0.39 is 11.6 Å². The topological polar surface area (TPSA) is 68.3 Å². The summed E-state index contributed by atoms with van der Waals surface area (Å²) in [5, 5.41) is 7.79. The van der Waals surface area contributed by atoms with E-state index in [1.807, 2.05) is 12.3 Å². The number of anilines is 1. The van der Waals surface area contributed by atoms with Crippen molar-refractivity contribution in [3.8, 4) is 0 Å². The van der Waals surface area contributed by atoms with Crippen molar-refractivity contribution in [2.45, 2.75) is 18.9 Å². The zero-order valence-electron chi connectivity index (χ0n) is 16.7. The van der Waals surface area contributed by atoms with Gasteiger partial charge in [-0.15, -0.1) is 24.0 Å². The number of para-hydroxylation sites is 1. The predicted octanol–water partition coefficient (Wildman–Crippen LogP) is 3.45. The van der Waals surface area contributed by atoms with E-state index in [9.17, 15) is 8.78 Å². The molecule has 160 valence electrons. The van der Waals surface area contributed by atoms with E-state index in [-0.39, 0.29) is 35.7 Å². The molecule has 3 N–H and O–H groups in total. The maximum atomic E-state index is 14.0. The van der Waals surface area contributed by atoms with Crippen LogP contribution >= 0.6 is 24.0 Å². The zero-order valence-corrected chi connectivity index (χ0v) is 19.0. The van der Waals surface area contributed by atoms with Gasteiger partial charge in [0.05, 0.1) is 0 Å². The first-order valence-electron chi connectivity index (χ1n) is 9.73. The monoisotopic (exact) mass is 526 g/mol. The average molecular weight is 526 g/mol. The van der Waals surface area contributed by atoms with Crippen LogP contribution in [0, 0.1) is 11.6 Å². The number of aliphatic imine (C=N–C) groups is 1. The van der Waals surface area contributed by atoms with E-state index >= 15 is 0 Å². The minimum absolute atomic E-state index is 0. The fraction of sp³-hybridized carbons (Fsp3) is 0.333. The number of nitrogens with one attached hydrogen (secondary N) is 3. The molecule has 0 saturated carbocycles. The Morgan fingerprint density at radius 3 is 2.83 bits per heavy atom. The molecule has 4 rings (SSSR count). The molecule has 0 radical (unpaired) electrons. The molecule has 1 aliphatic heterocycles. The summed E-state index contributed by atoms with van der Waals surface area (Å²) >= 11 is 0. The van der Waals surface area contributed by atoms with E-state index in [2.05, 4.69) is 31.7 Å². The summed E-state index contributed by atoms with van der Waals surface area (Å²) in [5.41, 5.74) is 2.13. The number of H-pyrrole nitrogens is 1. The van der Waals surface area contributed by atoms with Crippen molar-refractivity contribution in [2.24, 2.45) is 4.99 Å². The van der Waals surface area contributed by atoms with Crippen LogP contribution in [0.25, 0.3) is 11.0 Å². The number of aromatic amines is 1. The van der Waals surface area contributed by atoms with Gasteiger partial charge in [0.1, 0.15) is 23.0 Å². The lowest BCUT2D eigenvalue weighted by Crippen LogP contribution is -2.45. The van der Waals surface area contributed by atoms with E-state index in [1.54, 1.807) is 18.1 Å². The molecule has 1 unspecified atom stereocenters. The van der Waals surface area contributed by atoms with Gasteiger partial charge in [-0.1, -0.05) is 6.07 Å². The van der Waals surface area contributed by atoms with Crippen molar-refractivity contribution >= 4 is 46.7 Å². The van der Waals surface area contributed by atoms with Gasteiger partial charge in [0.25, 0.3) is 0 Å². The van der Waals surface area contributed by atoms with Crippen LogP contribution in [0.4, 0.5) is 14.5 Å². The first kappa shape index (κ1) is 22.3. The second-order valence-electron chi connectivity index (χ2n) is 7.11. The molecule has 0 amide bonds. The predicted molar refractivity (Wildman–Crippen MR) is 127 cm³/mol. The number of fused-ring (bicyclic) bond motifs is 1. The highest BCUT2D eigenvalue weighted by atomic mass is 127. The van der Waals surface area contributed by atoms with Crippen LogP contribution in [0.5, 0.6) is 0 Å². The first-order chi connectivity index (χ1) is 14.2. The van der Waals surface area contributed by atoms with Gasteiger partial charge in [0.15, 0.2) is 5.96 Å². The fourth-order valence-corrected chi connectivity index (χ4v) is 3.80. The zero-order chi connectivity index (χ0) is 20.2. The fourth-order valence-electron chi connectivity index (χ4n) is 3.80. The van der Waals surface area contributed by atoms with Gasteiger partial charge in [-0.3, -0.25) is 4.99 Å². The Kier molecular flexibility index (Phi) is 7.46. The largest absolute Gasteiger partial charge is 0.365 e. The third-order valence-corrected chi connectivity index (χ3v) is 5.23. The third kappa shape index (κ3) is 4.82. The molecule has 1 aromatic carbocycles. The highest BCUT2D eigenvalue weighted by molar-refractivity contribution is 14.0. The van der Waals surface area contributed by atoms with Crippen molar-refractivity contribution in [3.05, 3.63) is 59.9 Å². The van der Waals surface area contributed by atoms with Crippen molar-refractivity contribution in [1.82, 2.24) is 20.6 Å². The summed E-state index contributed by atoms with van der Waals surface area (Å²) in [6, 6.07) is 8.01. The maximum absolute atomic E-state index is 14.0. The number of benzene rings is 1. The number of halogens is 3. The van der Waals surface area contributed by atoms with Crippen molar-refractivity contribution < 1.29 is 8.78 Å². The Balaban J connectivity index is 0.00000256. The Morgan fingerprint density at radius 2 is 2.07 bits per heavy atom. The van der Waals surface area contributed by atoms with Crippen LogP contribution in [-0.2, 0) is 6.42 Å². The number of rotatable bonds is 5. The van der Waals surface area contributed by atoms with Crippen LogP contribution in [-0.4, -0.2) is 48.7 Å². The van der Waals surface area contributed by atoms with Crippen LogP contribution in [0.3, 0.4) is 0 Å². The molecule has 2 aromatic heterocycles. The molecule has 3 heterocycles. The Morgan fingerprint density at radius 1 is 1.27 bits per heavy atom. The van der Waals surface area contributed by atoms with Crippen molar-refractivity contribution in [2.75, 3.05) is 31.6 Å². The van der Waals surface area contributed by atoms with Gasteiger partial charge >= 0.3 is 0 Å². The Hall–Kier alpha value is -2.43. The second kappa shape index (κ2) is 10.1. The minimum atomic E-state index is -0.527. The van der Waals surface area contributed by atoms with Gasteiger partial charge in [-0.2, -0.15) is 0 Å². The standard InChI is InChI=1S/C21H24F2N6.HI/c1-24-21(26-10-7-14-12-27-20-16(14)4-3-9-25-20)28-15-8-11-29(13-15)19-17(22)5-2-6-18(19)23;/h2-6,9,12,15H,7-8,10-11,13H2,1H3,(H,25,27)(H2,24,26,28);1H. The average Bonchev–Trinajstić information content (AvgIpc) is 3.34. The van der Waals surface area contributed by atoms with Gasteiger partial charge in [-0.25, -0.2) is 13.8 Å². The molecule has 0 spiro atoms. The molecule has 1 fully saturated rings. The van der Waals surface area contributed by atoms with Gasteiger partial charge < -0.3 is 20.5 Å². The molecular formula is C21H25F2IN6. The van der Waals surface area contributed by atoms with E-state index in [1.165, 1.54) is 23.8 Å². The molecule has 30 heavy (non-hydrogen) atoms. The lowest BCUT2D eigenvalue weighted by Gasteiger charge is -2.21. The number of pyridine rings is 1. The van der Waals surface area contributed by atoms with Gasteiger partial charge in [-0.05, 0) is 42.7 Å². The number of hydrogen-bond acceptors (Lipinski definition) is 3. The summed E-state index contributed by atoms with van der Waals surface area (Å²) in [6.45, 7) is 1.82. The number of guanidine groups is 1. The molecule has 1 saturated heterocycles. The van der Waals surface area contributed by atoms with Crippen molar-refractivity contribution in [1.29, 1.82) is 0 Å². The van der Waals surface area contributed by atoms with Gasteiger partial charge in [0.2, 0.25) is 0 Å². The number of nitrogens with zero attached hydrogens (tertiary/aromatic N) is 3. The molecule has 9 heteroatoms. The number of hydrogen-bond donors (Lipinski definition) is 3. The maximum Gasteiger partial charge on any atom is 0.191 e. The molecule has 1 aliphatic rings. The van der Waals surface area contributed by atoms with Crippen LogP contribution in [0.15, 0.2) is 47.7 Å². The first-order valence-corrected chi connectivity index (χ1v) is 9.73. The molecule has 3 aromatic rings. The summed E-state index contributed by atoms with van der Waals surface area (Å²) in [5.74, 6) is -0.369. The Bertz CT molecular complexity index is 1000. The molecular weight excluding hydrogens is 501 g/mol. The molecule has 0 bridgehead atoms. The summed E-state index contributed by atoms with van der Waals surface area (Å²) in [4.78, 5) is 13.5. The SMILES string of the molecule is CN=C(NCCc1c[nH]c2ncccc12)NC1CCN(c2c(F)cccc2F)C1.I. The van der Waals surface area contributed by atoms with Crippen molar-refractivity contribution in [3.63, 3.8) is 0 Å². The minimum Gasteiger partial charge on any atom is -0.365 e. The number of aromatic nitrogens is 2. The lowest BCUT2D eigenvalue weighted by atomic mass is 10.1. The van der Waals surface area contributed by atoms with E-state index in [4.69, 9.17) is 0 Å². The second-order valence-corrected chi connectivity index (χ2v) is 7.11. The molecule has 6 nitrogen and oxygen atoms in total. The highest BCUT2D eigenvalue weighted by Gasteiger charge is 2.27. The lowest BCUT2D eigenvalue weighted by molar-refractivity contribution is 0.576. The summed E-state index contributed by atoms with van der Waals surface area (Å²) in [7, 11) is 1.72. The highest BCUT2D eigenvalue weighted by Crippen LogP contribution is 2.26. The summed E-state index contributed by atoms with van der Waals surface area (Å²) in [6.07, 6.45) is 5.35. The van der Waals surface area contributed by atoms with Gasteiger partial charge in [0, 0.05) is 50.5 Å². The summed E-state index contributed by atoms with van der Waals surface area (Å²) < 4.78 is 28.1. The molecule has 1 atom stereocenters. The smallest absolute Gasteiger partial charge is 0.191 e. The quantitative estimate of drug-likeness (QED) is 0.271.